The van der Waals surface area contributed by atoms with Crippen LogP contribution in [0, 0.1) is 11.8 Å². The van der Waals surface area contributed by atoms with Crippen molar-refractivity contribution in [3.63, 3.8) is 0 Å². The Morgan fingerprint density at radius 3 is 2.62 bits per heavy atom. The summed E-state index contributed by atoms with van der Waals surface area (Å²) in [5, 5.41) is 7.64. The smallest absolute Gasteiger partial charge is 0.316 e. The van der Waals surface area contributed by atoms with Crippen LogP contribution in [0.15, 0.2) is 53.5 Å². The lowest BCUT2D eigenvalue weighted by atomic mass is 10.1. The van der Waals surface area contributed by atoms with Crippen molar-refractivity contribution in [2.45, 2.75) is 19.1 Å². The predicted molar refractivity (Wildman–Crippen MR) is 154 cm³/mol. The van der Waals surface area contributed by atoms with E-state index in [1.54, 1.807) is 18.3 Å². The maximum atomic E-state index is 13.5. The van der Waals surface area contributed by atoms with Crippen molar-refractivity contribution in [3.05, 3.63) is 64.6 Å². The van der Waals surface area contributed by atoms with Crippen LogP contribution in [0.5, 0.6) is 11.5 Å². The van der Waals surface area contributed by atoms with Crippen molar-refractivity contribution in [2.75, 3.05) is 61.9 Å². The van der Waals surface area contributed by atoms with Crippen LogP contribution < -0.4 is 31.0 Å². The van der Waals surface area contributed by atoms with Gasteiger partial charge in [-0.3, -0.25) is 4.79 Å². The number of nitrogen functional groups attached to an aromatic ring is 1. The summed E-state index contributed by atoms with van der Waals surface area (Å²) in [7, 11) is -3.63. The van der Waals surface area contributed by atoms with Crippen LogP contribution in [0.1, 0.15) is 18.9 Å². The number of hydrogen-bond acceptors (Lipinski definition) is 9. The molecule has 212 valence electrons. The Bertz CT molecular complexity index is 1550. The van der Waals surface area contributed by atoms with Crippen molar-refractivity contribution in [3.8, 4) is 17.2 Å². The molecule has 0 spiro atoms. The minimum Gasteiger partial charge on any atom is -0.490 e. The molecule has 40 heavy (non-hydrogen) atoms. The largest absolute Gasteiger partial charge is 0.490 e. The van der Waals surface area contributed by atoms with Crippen molar-refractivity contribution in [2.24, 2.45) is 11.8 Å². The molecule has 3 heterocycles. The number of ether oxygens (including phenoxy) is 2. The van der Waals surface area contributed by atoms with Gasteiger partial charge in [-0.15, -0.1) is 0 Å². The summed E-state index contributed by atoms with van der Waals surface area (Å²) >= 11 is 0. The van der Waals surface area contributed by atoms with Gasteiger partial charge in [-0.25, -0.2) is 8.42 Å². The molecule has 1 aromatic heterocycles. The van der Waals surface area contributed by atoms with E-state index in [-0.39, 0.29) is 30.2 Å². The second-order valence-electron chi connectivity index (χ2n) is 10.7. The molecule has 0 radical (unpaired) electrons. The number of hydrogen-bond donors (Lipinski definition) is 2. The highest BCUT2D eigenvalue weighted by molar-refractivity contribution is 7.88. The molecule has 3 aromatic rings. The highest BCUT2D eigenvalue weighted by Gasteiger charge is 2.35. The van der Waals surface area contributed by atoms with E-state index < -0.39 is 10.0 Å². The van der Waals surface area contributed by atoms with Crippen molar-refractivity contribution in [1.82, 2.24) is 14.1 Å². The van der Waals surface area contributed by atoms with Gasteiger partial charge in [-0.2, -0.15) is 14.1 Å². The normalized spacial score (nSPS) is 20.8. The van der Waals surface area contributed by atoms with Crippen LogP contribution in [0.2, 0.25) is 0 Å². The Kier molecular flexibility index (Phi) is 7.05. The first-order valence-electron chi connectivity index (χ1n) is 13.6. The van der Waals surface area contributed by atoms with E-state index in [9.17, 15) is 13.2 Å². The third kappa shape index (κ3) is 5.33. The molecule has 1 saturated carbocycles. The number of para-hydroxylation sites is 1. The molecule has 2 atom stereocenters. The molecular weight excluding hydrogens is 532 g/mol. The Balaban J connectivity index is 1.19. The fraction of sp³-hybridized carbons (Fsp3) is 0.429. The average Bonchev–Trinajstić information content (AvgIpc) is 3.67. The number of aromatic nitrogens is 2. The van der Waals surface area contributed by atoms with Crippen LogP contribution in [0.3, 0.4) is 0 Å². The SMILES string of the molecule is CC1CC1COc1c(N2CCN(S(=O)(=O)Cc3cc4c(cc3N)NCCO4)CC2)cnn(-c2ccccc2)c1=O. The fourth-order valence-electron chi connectivity index (χ4n) is 5.23. The summed E-state index contributed by atoms with van der Waals surface area (Å²) in [5.41, 5.74) is 8.81. The Morgan fingerprint density at radius 2 is 1.90 bits per heavy atom. The fourth-order valence-corrected chi connectivity index (χ4v) is 6.77. The molecule has 6 rings (SSSR count). The molecule has 0 amide bonds. The highest BCUT2D eigenvalue weighted by Crippen LogP contribution is 2.38. The van der Waals surface area contributed by atoms with Crippen LogP contribution in [0.4, 0.5) is 17.1 Å². The van der Waals surface area contributed by atoms with Gasteiger partial charge in [0.1, 0.15) is 18.0 Å². The molecule has 1 saturated heterocycles. The Labute approximate surface area is 233 Å². The molecule has 1 aliphatic carbocycles. The second-order valence-corrected chi connectivity index (χ2v) is 12.6. The van der Waals surface area contributed by atoms with Gasteiger partial charge in [0.25, 0.3) is 0 Å². The van der Waals surface area contributed by atoms with E-state index in [0.29, 0.717) is 73.1 Å². The van der Waals surface area contributed by atoms with Gasteiger partial charge in [0.15, 0.2) is 0 Å². The molecule has 3 N–H and O–H groups in total. The van der Waals surface area contributed by atoms with E-state index in [1.165, 1.54) is 8.99 Å². The minimum absolute atomic E-state index is 0.210. The molecule has 2 fully saturated rings. The Morgan fingerprint density at radius 1 is 1.15 bits per heavy atom. The molecule has 11 nitrogen and oxygen atoms in total. The first-order valence-corrected chi connectivity index (χ1v) is 15.2. The maximum absolute atomic E-state index is 13.5. The van der Waals surface area contributed by atoms with E-state index >= 15 is 0 Å². The molecule has 2 aromatic carbocycles. The van der Waals surface area contributed by atoms with Gasteiger partial charge in [0.05, 0.1) is 29.9 Å². The van der Waals surface area contributed by atoms with Crippen molar-refractivity contribution >= 4 is 27.1 Å². The number of benzene rings is 2. The number of fused-ring (bicyclic) bond motifs is 1. The first kappa shape index (κ1) is 26.5. The summed E-state index contributed by atoms with van der Waals surface area (Å²) in [5.74, 6) is 1.68. The number of nitrogens with two attached hydrogens (primary N) is 1. The third-order valence-corrected chi connectivity index (χ3v) is 9.69. The lowest BCUT2D eigenvalue weighted by Gasteiger charge is -2.35. The summed E-state index contributed by atoms with van der Waals surface area (Å²) in [6, 6.07) is 12.7. The van der Waals surface area contributed by atoms with Crippen molar-refractivity contribution < 1.29 is 17.9 Å². The van der Waals surface area contributed by atoms with Crippen LogP contribution in [0.25, 0.3) is 5.69 Å². The van der Waals surface area contributed by atoms with E-state index in [0.717, 1.165) is 12.1 Å². The second kappa shape index (κ2) is 10.7. The molecule has 2 aliphatic heterocycles. The van der Waals surface area contributed by atoms with Gasteiger partial charge in [0, 0.05) is 38.4 Å². The number of piperazine rings is 1. The summed E-state index contributed by atoms with van der Waals surface area (Å²) < 4.78 is 41.3. The lowest BCUT2D eigenvalue weighted by Crippen LogP contribution is -2.49. The van der Waals surface area contributed by atoms with Gasteiger partial charge in [0.2, 0.25) is 15.8 Å². The quantitative estimate of drug-likeness (QED) is 0.394. The highest BCUT2D eigenvalue weighted by atomic mass is 32.2. The number of nitrogens with one attached hydrogen (secondary N) is 1. The predicted octanol–water partition coefficient (Wildman–Crippen LogP) is 2.31. The zero-order valence-electron chi connectivity index (χ0n) is 22.5. The van der Waals surface area contributed by atoms with E-state index in [4.69, 9.17) is 15.2 Å². The van der Waals surface area contributed by atoms with Crippen molar-refractivity contribution in [1.29, 1.82) is 0 Å². The van der Waals surface area contributed by atoms with Gasteiger partial charge < -0.3 is 25.4 Å². The zero-order valence-corrected chi connectivity index (χ0v) is 23.3. The van der Waals surface area contributed by atoms with E-state index in [1.807, 2.05) is 35.2 Å². The van der Waals surface area contributed by atoms with Gasteiger partial charge in [-0.05, 0) is 48.1 Å². The first-order chi connectivity index (χ1) is 19.3. The number of rotatable bonds is 8. The Hall–Kier alpha value is -3.77. The third-order valence-electron chi connectivity index (χ3n) is 7.86. The summed E-state index contributed by atoms with van der Waals surface area (Å²) in [6.45, 7) is 5.18. The minimum atomic E-state index is -3.63. The monoisotopic (exact) mass is 566 g/mol. The van der Waals surface area contributed by atoms with Crippen LogP contribution in [-0.2, 0) is 15.8 Å². The van der Waals surface area contributed by atoms with Crippen LogP contribution in [-0.4, -0.2) is 68.4 Å². The average molecular weight is 567 g/mol. The maximum Gasteiger partial charge on any atom is 0.316 e. The van der Waals surface area contributed by atoms with Crippen LogP contribution >= 0.6 is 0 Å². The summed E-state index contributed by atoms with van der Waals surface area (Å²) in [4.78, 5) is 15.5. The number of nitrogens with zero attached hydrogens (tertiary/aromatic N) is 4. The molecule has 12 heteroatoms. The topological polar surface area (TPSA) is 132 Å². The van der Waals surface area contributed by atoms with Gasteiger partial charge in [-0.1, -0.05) is 25.1 Å². The lowest BCUT2D eigenvalue weighted by molar-refractivity contribution is 0.286. The number of sulfonamides is 1. The van der Waals surface area contributed by atoms with E-state index in [2.05, 4.69) is 17.3 Å². The zero-order chi connectivity index (χ0) is 27.9. The molecule has 2 unspecified atom stereocenters. The molecule has 3 aliphatic rings. The van der Waals surface area contributed by atoms with Gasteiger partial charge >= 0.3 is 5.56 Å². The summed E-state index contributed by atoms with van der Waals surface area (Å²) in [6.07, 6.45) is 2.73. The number of anilines is 3. The standard InChI is InChI=1S/C28H34N6O5S/c1-19-13-20(19)17-39-27-25(16-31-34(28(27)35)22-5-3-2-4-6-22)32-8-10-33(11-9-32)40(36,37)18-21-14-26-24(15-23(21)29)30-7-12-38-26/h2-6,14-16,19-20,30H,7-13,17-18,29H2,1H3. The molecule has 0 bridgehead atoms. The molecular formula is C28H34N6O5S.